The van der Waals surface area contributed by atoms with E-state index in [-0.39, 0.29) is 17.4 Å². The Morgan fingerprint density at radius 3 is 2.35 bits per heavy atom. The van der Waals surface area contributed by atoms with Crippen LogP contribution < -0.4 is 9.47 Å². The smallest absolute Gasteiger partial charge is 0.290 e. The summed E-state index contributed by atoms with van der Waals surface area (Å²) in [4.78, 5) is 15.3. The van der Waals surface area contributed by atoms with Gasteiger partial charge in [0.25, 0.3) is 5.91 Å². The normalized spacial score (nSPS) is 15.7. The molecule has 5 nitrogen and oxygen atoms in total. The lowest BCUT2D eigenvalue weighted by Gasteiger charge is -2.34. The third-order valence-corrected chi connectivity index (χ3v) is 6.81. The van der Waals surface area contributed by atoms with Gasteiger partial charge < -0.3 is 18.8 Å². The van der Waals surface area contributed by atoms with Crippen molar-refractivity contribution >= 4 is 5.91 Å². The first-order chi connectivity index (χ1) is 16.1. The number of nitrogens with zero attached hydrogens (tertiary/aromatic N) is 1. The number of carbonyl (C=O) groups excluding carboxylic acids is 1. The Bertz CT molecular complexity index is 1200. The van der Waals surface area contributed by atoms with Crippen LogP contribution in [-0.2, 0) is 24.8 Å². The van der Waals surface area contributed by atoms with Crippen LogP contribution in [0.3, 0.4) is 0 Å². The number of carbonyl (C=O) groups is 1. The standard InChI is InChI=1S/C29H35NO4/c1-18-8-9-23(29(3,4)5)13-20(18)14-24-10-11-25(34-24)28(31)30-17-22-16-27(33-7)26(32-6)15-21(22)12-19(30)2/h8-11,13,15-16,19H,12,14,17H2,1-7H3. The minimum atomic E-state index is -0.0839. The van der Waals surface area contributed by atoms with E-state index in [0.717, 1.165) is 23.5 Å². The van der Waals surface area contributed by atoms with E-state index in [1.54, 1.807) is 20.3 Å². The maximum Gasteiger partial charge on any atom is 0.290 e. The van der Waals surface area contributed by atoms with E-state index < -0.39 is 0 Å². The van der Waals surface area contributed by atoms with Gasteiger partial charge in [-0.15, -0.1) is 0 Å². The number of amides is 1. The summed E-state index contributed by atoms with van der Waals surface area (Å²) >= 11 is 0. The van der Waals surface area contributed by atoms with Gasteiger partial charge in [-0.05, 0) is 77.8 Å². The Labute approximate surface area is 202 Å². The molecule has 5 heteroatoms. The van der Waals surface area contributed by atoms with Crippen molar-refractivity contribution in [2.75, 3.05) is 14.2 Å². The largest absolute Gasteiger partial charge is 0.493 e. The van der Waals surface area contributed by atoms with Crippen LogP contribution in [0.2, 0.25) is 0 Å². The molecule has 0 fully saturated rings. The molecular weight excluding hydrogens is 426 g/mol. The lowest BCUT2D eigenvalue weighted by atomic mass is 9.85. The van der Waals surface area contributed by atoms with Gasteiger partial charge in [-0.1, -0.05) is 39.0 Å². The van der Waals surface area contributed by atoms with E-state index in [4.69, 9.17) is 13.9 Å². The summed E-state index contributed by atoms with van der Waals surface area (Å²) < 4.78 is 17.0. The number of rotatable bonds is 5. The molecule has 2 aromatic carbocycles. The molecule has 0 saturated carbocycles. The minimum absolute atomic E-state index is 0.0531. The van der Waals surface area contributed by atoms with Crippen molar-refractivity contribution < 1.29 is 18.7 Å². The molecule has 1 aliphatic rings. The van der Waals surface area contributed by atoms with Gasteiger partial charge in [-0.3, -0.25) is 4.79 Å². The Balaban J connectivity index is 1.54. The molecule has 0 radical (unpaired) electrons. The summed E-state index contributed by atoms with van der Waals surface area (Å²) in [5.41, 5.74) is 6.09. The number of ether oxygens (including phenoxy) is 2. The van der Waals surface area contributed by atoms with Gasteiger partial charge in [0.15, 0.2) is 17.3 Å². The summed E-state index contributed by atoms with van der Waals surface area (Å²) in [7, 11) is 3.27. The topological polar surface area (TPSA) is 51.9 Å². The minimum Gasteiger partial charge on any atom is -0.493 e. The first-order valence-corrected chi connectivity index (χ1v) is 11.8. The highest BCUT2D eigenvalue weighted by Gasteiger charge is 2.30. The first kappa shape index (κ1) is 23.9. The number of fused-ring (bicyclic) bond motifs is 1. The van der Waals surface area contributed by atoms with Gasteiger partial charge in [0.1, 0.15) is 5.76 Å². The SMILES string of the molecule is COc1cc2c(cc1OC)CN(C(=O)c1ccc(Cc3cc(C(C)(C)C)ccc3C)o1)C(C)C2. The van der Waals surface area contributed by atoms with Crippen LogP contribution in [0.1, 0.15) is 71.8 Å². The molecule has 1 amide bonds. The molecule has 3 aromatic rings. The Hall–Kier alpha value is -3.21. The fourth-order valence-corrected chi connectivity index (χ4v) is 4.59. The molecule has 34 heavy (non-hydrogen) atoms. The molecule has 1 unspecified atom stereocenters. The molecule has 180 valence electrons. The van der Waals surface area contributed by atoms with Crippen LogP contribution >= 0.6 is 0 Å². The Morgan fingerprint density at radius 2 is 1.71 bits per heavy atom. The summed E-state index contributed by atoms with van der Waals surface area (Å²) in [5.74, 6) is 2.50. The van der Waals surface area contributed by atoms with Crippen molar-refractivity contribution in [3.63, 3.8) is 0 Å². The molecule has 1 atom stereocenters. The number of benzene rings is 2. The lowest BCUT2D eigenvalue weighted by Crippen LogP contribution is -2.42. The maximum absolute atomic E-state index is 13.4. The van der Waals surface area contributed by atoms with Crippen LogP contribution in [-0.4, -0.2) is 31.1 Å². The summed E-state index contributed by atoms with van der Waals surface area (Å²) in [5, 5.41) is 0. The molecule has 0 N–H and O–H groups in total. The molecule has 1 aliphatic heterocycles. The van der Waals surface area contributed by atoms with E-state index in [2.05, 4.69) is 52.8 Å². The zero-order valence-electron chi connectivity index (χ0n) is 21.3. The zero-order chi connectivity index (χ0) is 24.6. The number of furan rings is 1. The van der Waals surface area contributed by atoms with E-state index in [9.17, 15) is 4.79 Å². The van der Waals surface area contributed by atoms with E-state index >= 15 is 0 Å². The second-order valence-corrected chi connectivity index (χ2v) is 10.3. The number of hydrogen-bond acceptors (Lipinski definition) is 4. The van der Waals surface area contributed by atoms with Crippen LogP contribution in [0.5, 0.6) is 11.5 Å². The van der Waals surface area contributed by atoms with Crippen LogP contribution in [0, 0.1) is 6.92 Å². The van der Waals surface area contributed by atoms with Crippen molar-refractivity contribution in [3.05, 3.63) is 81.8 Å². The monoisotopic (exact) mass is 461 g/mol. The van der Waals surface area contributed by atoms with Gasteiger partial charge in [-0.2, -0.15) is 0 Å². The molecule has 0 aliphatic carbocycles. The number of hydrogen-bond donors (Lipinski definition) is 0. The quantitative estimate of drug-likeness (QED) is 0.462. The van der Waals surface area contributed by atoms with Gasteiger partial charge in [-0.25, -0.2) is 0 Å². The van der Waals surface area contributed by atoms with Crippen LogP contribution in [0.4, 0.5) is 0 Å². The molecule has 0 spiro atoms. The van der Waals surface area contributed by atoms with Gasteiger partial charge in [0, 0.05) is 19.0 Å². The predicted octanol–water partition coefficient (Wildman–Crippen LogP) is 6.08. The van der Waals surface area contributed by atoms with Gasteiger partial charge in [0.05, 0.1) is 14.2 Å². The summed E-state index contributed by atoms with van der Waals surface area (Å²) in [6.07, 6.45) is 1.42. The zero-order valence-corrected chi connectivity index (χ0v) is 21.3. The average Bonchev–Trinajstić information content (AvgIpc) is 3.26. The van der Waals surface area contributed by atoms with Crippen molar-refractivity contribution in [2.24, 2.45) is 0 Å². The second kappa shape index (κ2) is 9.21. The van der Waals surface area contributed by atoms with E-state index in [1.807, 2.05) is 23.1 Å². The predicted molar refractivity (Wildman–Crippen MR) is 134 cm³/mol. The van der Waals surface area contributed by atoms with Crippen LogP contribution in [0.15, 0.2) is 46.9 Å². The van der Waals surface area contributed by atoms with Crippen molar-refractivity contribution in [1.82, 2.24) is 4.90 Å². The van der Waals surface area contributed by atoms with Crippen LogP contribution in [0.25, 0.3) is 0 Å². The molecular formula is C29H35NO4. The molecule has 2 heterocycles. The highest BCUT2D eigenvalue weighted by Crippen LogP contribution is 2.35. The molecule has 0 saturated heterocycles. The van der Waals surface area contributed by atoms with E-state index in [0.29, 0.717) is 24.5 Å². The molecule has 1 aromatic heterocycles. The number of methoxy groups -OCH3 is 2. The van der Waals surface area contributed by atoms with Gasteiger partial charge >= 0.3 is 0 Å². The second-order valence-electron chi connectivity index (χ2n) is 10.3. The van der Waals surface area contributed by atoms with Gasteiger partial charge in [0.2, 0.25) is 0 Å². The third-order valence-electron chi connectivity index (χ3n) is 6.81. The highest BCUT2D eigenvalue weighted by atomic mass is 16.5. The Morgan fingerprint density at radius 1 is 1.03 bits per heavy atom. The molecule has 4 rings (SSSR count). The van der Waals surface area contributed by atoms with Crippen molar-refractivity contribution in [1.29, 1.82) is 0 Å². The maximum atomic E-state index is 13.4. The number of aryl methyl sites for hydroxylation is 1. The summed E-state index contributed by atoms with van der Waals surface area (Å²) in [6, 6.07) is 14.4. The van der Waals surface area contributed by atoms with Crippen molar-refractivity contribution in [2.45, 2.75) is 65.5 Å². The highest BCUT2D eigenvalue weighted by molar-refractivity contribution is 5.92. The Kier molecular flexibility index (Phi) is 6.48. The summed E-state index contributed by atoms with van der Waals surface area (Å²) in [6.45, 7) is 11.4. The average molecular weight is 462 g/mol. The third kappa shape index (κ3) is 4.70. The molecule has 0 bridgehead atoms. The first-order valence-electron chi connectivity index (χ1n) is 11.8. The lowest BCUT2D eigenvalue weighted by molar-refractivity contribution is 0.0623. The van der Waals surface area contributed by atoms with E-state index in [1.165, 1.54) is 22.3 Å². The fourth-order valence-electron chi connectivity index (χ4n) is 4.59. The fraction of sp³-hybridized carbons (Fsp3) is 0.414. The van der Waals surface area contributed by atoms with Crippen molar-refractivity contribution in [3.8, 4) is 11.5 Å².